The van der Waals surface area contributed by atoms with E-state index < -0.39 is 11.9 Å². The van der Waals surface area contributed by atoms with E-state index in [-0.39, 0.29) is 18.6 Å². The van der Waals surface area contributed by atoms with Crippen molar-refractivity contribution in [1.82, 2.24) is 4.90 Å². The maximum Gasteiger partial charge on any atom is 0.308 e. The molecule has 1 N–H and O–H groups in total. The summed E-state index contributed by atoms with van der Waals surface area (Å²) >= 11 is 0. The molecule has 1 unspecified atom stereocenters. The Morgan fingerprint density at radius 2 is 2.27 bits per heavy atom. The van der Waals surface area contributed by atoms with Gasteiger partial charge in [-0.25, -0.2) is 0 Å². The minimum Gasteiger partial charge on any atom is -0.481 e. The maximum absolute atomic E-state index is 11.7. The van der Waals surface area contributed by atoms with Crippen LogP contribution in [0.5, 0.6) is 0 Å². The van der Waals surface area contributed by atoms with Gasteiger partial charge in [0.2, 0.25) is 0 Å². The Bertz CT molecular complexity index is 248. The Morgan fingerprint density at radius 3 is 2.73 bits per heavy atom. The normalized spacial score (nSPS) is 22.4. The van der Waals surface area contributed by atoms with E-state index in [4.69, 9.17) is 9.84 Å². The SMILES string of the molecule is CC(CN(C)C(=O)[C@H]1CCCO1)C(=O)O. The van der Waals surface area contributed by atoms with Crippen LogP contribution in [0.15, 0.2) is 0 Å². The van der Waals surface area contributed by atoms with Gasteiger partial charge >= 0.3 is 5.97 Å². The number of hydrogen-bond acceptors (Lipinski definition) is 3. The maximum atomic E-state index is 11.7. The molecule has 1 aliphatic heterocycles. The summed E-state index contributed by atoms with van der Waals surface area (Å²) < 4.78 is 5.24. The molecule has 1 rings (SSSR count). The van der Waals surface area contributed by atoms with Gasteiger partial charge in [-0.2, -0.15) is 0 Å². The molecule has 1 saturated heterocycles. The minimum absolute atomic E-state index is 0.111. The third kappa shape index (κ3) is 3.20. The van der Waals surface area contributed by atoms with Crippen molar-refractivity contribution in [3.05, 3.63) is 0 Å². The number of carboxylic acids is 1. The van der Waals surface area contributed by atoms with Crippen molar-refractivity contribution in [3.8, 4) is 0 Å². The van der Waals surface area contributed by atoms with Gasteiger partial charge in [0.1, 0.15) is 6.10 Å². The van der Waals surface area contributed by atoms with Gasteiger partial charge in [-0.3, -0.25) is 9.59 Å². The average molecular weight is 215 g/mol. The van der Waals surface area contributed by atoms with Crippen molar-refractivity contribution in [3.63, 3.8) is 0 Å². The molecule has 0 radical (unpaired) electrons. The van der Waals surface area contributed by atoms with E-state index in [1.807, 2.05) is 0 Å². The summed E-state index contributed by atoms with van der Waals surface area (Å²) in [5, 5.41) is 8.71. The number of carbonyl (C=O) groups is 2. The number of hydrogen-bond donors (Lipinski definition) is 1. The van der Waals surface area contributed by atoms with Crippen LogP contribution in [0.3, 0.4) is 0 Å². The third-order valence-electron chi connectivity index (χ3n) is 2.55. The average Bonchev–Trinajstić information content (AvgIpc) is 2.68. The van der Waals surface area contributed by atoms with Gasteiger partial charge in [0.15, 0.2) is 0 Å². The summed E-state index contributed by atoms with van der Waals surface area (Å²) in [6.07, 6.45) is 1.28. The zero-order chi connectivity index (χ0) is 11.4. The molecule has 0 aromatic carbocycles. The van der Waals surface area contributed by atoms with Crippen LogP contribution < -0.4 is 0 Å². The molecule has 1 heterocycles. The molecular formula is C10H17NO4. The van der Waals surface area contributed by atoms with Gasteiger partial charge in [0, 0.05) is 20.2 Å². The van der Waals surface area contributed by atoms with Crippen LogP contribution in [0.2, 0.25) is 0 Å². The van der Waals surface area contributed by atoms with Crippen molar-refractivity contribution in [2.45, 2.75) is 25.9 Å². The van der Waals surface area contributed by atoms with E-state index in [9.17, 15) is 9.59 Å². The van der Waals surface area contributed by atoms with Crippen LogP contribution in [-0.2, 0) is 14.3 Å². The summed E-state index contributed by atoms with van der Waals surface area (Å²) in [6, 6.07) is 0. The summed E-state index contributed by atoms with van der Waals surface area (Å²) in [5.74, 6) is -1.54. The lowest BCUT2D eigenvalue weighted by molar-refractivity contribution is -0.145. The number of carboxylic acid groups (broad SMARTS) is 1. The van der Waals surface area contributed by atoms with Gasteiger partial charge in [-0.1, -0.05) is 6.92 Å². The second-order valence-electron chi connectivity index (χ2n) is 3.96. The van der Waals surface area contributed by atoms with E-state index in [1.165, 1.54) is 4.90 Å². The highest BCUT2D eigenvalue weighted by Crippen LogP contribution is 2.14. The van der Waals surface area contributed by atoms with Gasteiger partial charge in [-0.15, -0.1) is 0 Å². The van der Waals surface area contributed by atoms with Crippen LogP contribution in [0.1, 0.15) is 19.8 Å². The molecule has 1 amide bonds. The molecule has 5 heteroatoms. The van der Waals surface area contributed by atoms with E-state index in [0.717, 1.165) is 12.8 Å². The Balaban J connectivity index is 2.41. The van der Waals surface area contributed by atoms with Crippen molar-refractivity contribution in [2.24, 2.45) is 5.92 Å². The predicted octanol–water partition coefficient (Wildman–Crippen LogP) is 0.344. The van der Waals surface area contributed by atoms with E-state index in [1.54, 1.807) is 14.0 Å². The second kappa shape index (κ2) is 5.11. The number of carbonyl (C=O) groups excluding carboxylic acids is 1. The molecule has 5 nitrogen and oxygen atoms in total. The number of nitrogens with zero attached hydrogens (tertiary/aromatic N) is 1. The highest BCUT2D eigenvalue weighted by atomic mass is 16.5. The Labute approximate surface area is 89.0 Å². The first-order chi connectivity index (χ1) is 7.02. The highest BCUT2D eigenvalue weighted by molar-refractivity contribution is 5.81. The molecule has 15 heavy (non-hydrogen) atoms. The first-order valence-corrected chi connectivity index (χ1v) is 5.11. The van der Waals surface area contributed by atoms with E-state index in [2.05, 4.69) is 0 Å². The molecule has 86 valence electrons. The quantitative estimate of drug-likeness (QED) is 0.734. The molecule has 0 spiro atoms. The summed E-state index contributed by atoms with van der Waals surface area (Å²) in [6.45, 7) is 2.44. The van der Waals surface area contributed by atoms with Gasteiger partial charge in [0.05, 0.1) is 5.92 Å². The number of rotatable bonds is 4. The Morgan fingerprint density at radius 1 is 1.60 bits per heavy atom. The van der Waals surface area contributed by atoms with E-state index in [0.29, 0.717) is 6.61 Å². The second-order valence-corrected chi connectivity index (χ2v) is 3.96. The number of likely N-dealkylation sites (N-methyl/N-ethyl adjacent to an activating group) is 1. The van der Waals surface area contributed by atoms with Crippen LogP contribution in [0.25, 0.3) is 0 Å². The molecule has 0 bridgehead atoms. The van der Waals surface area contributed by atoms with Crippen molar-refractivity contribution in [2.75, 3.05) is 20.2 Å². The van der Waals surface area contributed by atoms with Crippen molar-refractivity contribution in [1.29, 1.82) is 0 Å². The van der Waals surface area contributed by atoms with Gasteiger partial charge in [0.25, 0.3) is 5.91 Å². The number of aliphatic carboxylic acids is 1. The lowest BCUT2D eigenvalue weighted by atomic mass is 10.1. The van der Waals surface area contributed by atoms with Crippen LogP contribution in [0.4, 0.5) is 0 Å². The Hall–Kier alpha value is -1.10. The molecule has 1 fully saturated rings. The van der Waals surface area contributed by atoms with Gasteiger partial charge < -0.3 is 14.7 Å². The zero-order valence-electron chi connectivity index (χ0n) is 9.10. The predicted molar refractivity (Wildman–Crippen MR) is 53.4 cm³/mol. The standard InChI is InChI=1S/C10H17NO4/c1-7(10(13)14)6-11(2)9(12)8-4-3-5-15-8/h7-8H,3-6H2,1-2H3,(H,13,14)/t7?,8-/m1/s1. The fourth-order valence-corrected chi connectivity index (χ4v) is 1.60. The summed E-state index contributed by atoms with van der Waals surface area (Å²) in [4.78, 5) is 23.8. The first-order valence-electron chi connectivity index (χ1n) is 5.11. The monoisotopic (exact) mass is 215 g/mol. The zero-order valence-corrected chi connectivity index (χ0v) is 9.10. The fourth-order valence-electron chi connectivity index (χ4n) is 1.60. The topological polar surface area (TPSA) is 66.8 Å². The lowest BCUT2D eigenvalue weighted by Crippen LogP contribution is -2.39. The molecule has 0 aromatic heterocycles. The fraction of sp³-hybridized carbons (Fsp3) is 0.800. The summed E-state index contributed by atoms with van der Waals surface area (Å²) in [5.41, 5.74) is 0. The highest BCUT2D eigenvalue weighted by Gasteiger charge is 2.27. The molecule has 0 saturated carbocycles. The van der Waals surface area contributed by atoms with E-state index >= 15 is 0 Å². The number of amides is 1. The lowest BCUT2D eigenvalue weighted by Gasteiger charge is -2.22. The molecule has 1 aliphatic rings. The van der Waals surface area contributed by atoms with Crippen LogP contribution >= 0.6 is 0 Å². The summed E-state index contributed by atoms with van der Waals surface area (Å²) in [7, 11) is 1.61. The largest absolute Gasteiger partial charge is 0.481 e. The molecule has 0 aromatic rings. The molecule has 2 atom stereocenters. The Kier molecular flexibility index (Phi) is 4.08. The molecule has 0 aliphatic carbocycles. The third-order valence-corrected chi connectivity index (χ3v) is 2.55. The number of ether oxygens (including phenoxy) is 1. The van der Waals surface area contributed by atoms with Crippen molar-refractivity contribution >= 4 is 11.9 Å². The van der Waals surface area contributed by atoms with Crippen molar-refractivity contribution < 1.29 is 19.4 Å². The van der Waals surface area contributed by atoms with Crippen LogP contribution in [-0.4, -0.2) is 48.2 Å². The van der Waals surface area contributed by atoms with Crippen LogP contribution in [0, 0.1) is 5.92 Å². The van der Waals surface area contributed by atoms with Gasteiger partial charge in [-0.05, 0) is 12.8 Å². The minimum atomic E-state index is -0.887. The first kappa shape index (κ1) is 12.0. The smallest absolute Gasteiger partial charge is 0.308 e. The molecular weight excluding hydrogens is 198 g/mol.